The Balaban J connectivity index is 2.10. The van der Waals surface area contributed by atoms with Gasteiger partial charge in [0.25, 0.3) is 0 Å². The van der Waals surface area contributed by atoms with Gasteiger partial charge in [-0.1, -0.05) is 49.4 Å². The number of hydrogen-bond acceptors (Lipinski definition) is 2. The van der Waals surface area contributed by atoms with Gasteiger partial charge in [0.15, 0.2) is 0 Å². The van der Waals surface area contributed by atoms with Crippen LogP contribution < -0.4 is 11.1 Å². The molecule has 2 aromatic rings. The lowest BCUT2D eigenvalue weighted by molar-refractivity contribution is -0.124. The van der Waals surface area contributed by atoms with Crippen molar-refractivity contribution in [1.82, 2.24) is 5.32 Å². The summed E-state index contributed by atoms with van der Waals surface area (Å²) in [6, 6.07) is 14.6. The van der Waals surface area contributed by atoms with Gasteiger partial charge in [-0.25, -0.2) is 0 Å². The van der Waals surface area contributed by atoms with Crippen molar-refractivity contribution in [3.05, 3.63) is 48.0 Å². The smallest absolute Gasteiger partial charge is 0.224 e. The van der Waals surface area contributed by atoms with Crippen molar-refractivity contribution in [3.8, 4) is 0 Å². The number of fused-ring (bicyclic) bond motifs is 1. The number of carbonyl (C=O) groups is 1. The van der Waals surface area contributed by atoms with Crippen LogP contribution in [0.1, 0.15) is 18.9 Å². The maximum atomic E-state index is 12.0. The maximum absolute atomic E-state index is 12.0. The zero-order valence-corrected chi connectivity index (χ0v) is 11.9. The van der Waals surface area contributed by atoms with Gasteiger partial charge in [0, 0.05) is 13.1 Å². The van der Waals surface area contributed by atoms with Crippen LogP contribution >= 0.6 is 0 Å². The van der Waals surface area contributed by atoms with E-state index < -0.39 is 0 Å². The number of carbonyl (C=O) groups excluding carboxylic acids is 1. The van der Waals surface area contributed by atoms with Crippen LogP contribution in [0.25, 0.3) is 10.8 Å². The Morgan fingerprint density at radius 2 is 1.95 bits per heavy atom. The normalized spacial score (nSPS) is 12.3. The lowest BCUT2D eigenvalue weighted by Gasteiger charge is -2.15. The fourth-order valence-electron chi connectivity index (χ4n) is 2.33. The molecule has 2 rings (SSSR count). The summed E-state index contributed by atoms with van der Waals surface area (Å²) in [7, 11) is 0. The van der Waals surface area contributed by atoms with Crippen LogP contribution in [0.4, 0.5) is 0 Å². The van der Waals surface area contributed by atoms with E-state index in [1.165, 1.54) is 10.8 Å². The molecule has 0 saturated carbocycles. The molecular formula is C17H22N2O. The predicted octanol–water partition coefficient (Wildman–Crippen LogP) is 2.48. The number of hydrogen-bond donors (Lipinski definition) is 2. The molecule has 2 aromatic carbocycles. The average molecular weight is 270 g/mol. The zero-order valence-electron chi connectivity index (χ0n) is 11.9. The maximum Gasteiger partial charge on any atom is 0.224 e. The molecule has 1 unspecified atom stereocenters. The Labute approximate surface area is 120 Å². The fraction of sp³-hybridized carbons (Fsp3) is 0.353. The number of benzene rings is 2. The monoisotopic (exact) mass is 270 g/mol. The van der Waals surface area contributed by atoms with E-state index in [0.29, 0.717) is 19.5 Å². The summed E-state index contributed by atoms with van der Waals surface area (Å²) >= 11 is 0. The minimum atomic E-state index is -0.150. The second-order valence-electron chi connectivity index (χ2n) is 5.11. The second-order valence-corrected chi connectivity index (χ2v) is 5.11. The molecule has 0 aliphatic rings. The van der Waals surface area contributed by atoms with Gasteiger partial charge in [-0.05, 0) is 29.2 Å². The summed E-state index contributed by atoms with van der Waals surface area (Å²) in [6.45, 7) is 3.14. The Morgan fingerprint density at radius 3 is 2.65 bits per heavy atom. The standard InChI is InChI=1S/C17H22N2O/c1-2-9-19-17(20)16(12-18)11-13-7-8-14-5-3-4-6-15(14)10-13/h3-8,10,16H,2,9,11-12,18H2,1H3,(H,19,20). The minimum Gasteiger partial charge on any atom is -0.356 e. The molecule has 3 heteroatoms. The Morgan fingerprint density at radius 1 is 1.20 bits per heavy atom. The number of rotatable bonds is 6. The first-order valence-corrected chi connectivity index (χ1v) is 7.20. The Bertz CT molecular complexity index is 580. The Kier molecular flexibility index (Phi) is 5.13. The number of nitrogens with one attached hydrogen (secondary N) is 1. The molecule has 0 aliphatic carbocycles. The summed E-state index contributed by atoms with van der Waals surface area (Å²) in [4.78, 5) is 12.0. The predicted molar refractivity (Wildman–Crippen MR) is 83.5 cm³/mol. The van der Waals surface area contributed by atoms with Crippen molar-refractivity contribution in [2.24, 2.45) is 11.7 Å². The quantitative estimate of drug-likeness (QED) is 0.847. The highest BCUT2D eigenvalue weighted by molar-refractivity contribution is 5.83. The molecule has 0 bridgehead atoms. The van der Waals surface area contributed by atoms with E-state index in [-0.39, 0.29) is 11.8 Å². The summed E-state index contributed by atoms with van der Waals surface area (Å²) < 4.78 is 0. The van der Waals surface area contributed by atoms with Crippen molar-refractivity contribution in [2.75, 3.05) is 13.1 Å². The number of nitrogens with two attached hydrogens (primary N) is 1. The van der Waals surface area contributed by atoms with E-state index in [9.17, 15) is 4.79 Å². The number of amides is 1. The third kappa shape index (κ3) is 3.58. The topological polar surface area (TPSA) is 55.1 Å². The van der Waals surface area contributed by atoms with Gasteiger partial charge in [0.05, 0.1) is 5.92 Å². The van der Waals surface area contributed by atoms with Gasteiger partial charge in [-0.15, -0.1) is 0 Å². The van der Waals surface area contributed by atoms with Crippen LogP contribution in [-0.2, 0) is 11.2 Å². The van der Waals surface area contributed by atoms with E-state index in [1.807, 2.05) is 19.1 Å². The second kappa shape index (κ2) is 7.06. The van der Waals surface area contributed by atoms with Gasteiger partial charge in [-0.3, -0.25) is 4.79 Å². The average Bonchev–Trinajstić information content (AvgIpc) is 2.50. The molecule has 3 nitrogen and oxygen atoms in total. The molecule has 106 valence electrons. The lowest BCUT2D eigenvalue weighted by Crippen LogP contribution is -2.36. The summed E-state index contributed by atoms with van der Waals surface area (Å²) in [5.41, 5.74) is 6.90. The molecule has 0 fully saturated rings. The summed E-state index contributed by atoms with van der Waals surface area (Å²) in [5.74, 6) is -0.0924. The van der Waals surface area contributed by atoms with Crippen LogP contribution in [0.2, 0.25) is 0 Å². The van der Waals surface area contributed by atoms with E-state index in [2.05, 4.69) is 35.6 Å². The van der Waals surface area contributed by atoms with Gasteiger partial charge >= 0.3 is 0 Å². The molecule has 0 heterocycles. The largest absolute Gasteiger partial charge is 0.356 e. The molecule has 20 heavy (non-hydrogen) atoms. The fourth-order valence-corrected chi connectivity index (χ4v) is 2.33. The van der Waals surface area contributed by atoms with Crippen molar-refractivity contribution < 1.29 is 4.79 Å². The third-order valence-electron chi connectivity index (χ3n) is 3.50. The molecule has 1 amide bonds. The van der Waals surface area contributed by atoms with Gasteiger partial charge in [-0.2, -0.15) is 0 Å². The van der Waals surface area contributed by atoms with Crippen LogP contribution in [0.5, 0.6) is 0 Å². The van der Waals surface area contributed by atoms with E-state index >= 15 is 0 Å². The zero-order chi connectivity index (χ0) is 14.4. The van der Waals surface area contributed by atoms with E-state index in [1.54, 1.807) is 0 Å². The summed E-state index contributed by atoms with van der Waals surface area (Å²) in [5, 5.41) is 5.34. The van der Waals surface area contributed by atoms with E-state index in [0.717, 1.165) is 12.0 Å². The molecular weight excluding hydrogens is 248 g/mol. The van der Waals surface area contributed by atoms with Crippen molar-refractivity contribution >= 4 is 16.7 Å². The van der Waals surface area contributed by atoms with Crippen molar-refractivity contribution in [2.45, 2.75) is 19.8 Å². The van der Waals surface area contributed by atoms with Crippen LogP contribution in [0, 0.1) is 5.92 Å². The van der Waals surface area contributed by atoms with Crippen molar-refractivity contribution in [3.63, 3.8) is 0 Å². The van der Waals surface area contributed by atoms with Crippen LogP contribution in [-0.4, -0.2) is 19.0 Å². The highest BCUT2D eigenvalue weighted by Gasteiger charge is 2.16. The molecule has 0 radical (unpaired) electrons. The SMILES string of the molecule is CCCNC(=O)C(CN)Cc1ccc2ccccc2c1. The molecule has 0 spiro atoms. The first kappa shape index (κ1) is 14.5. The highest BCUT2D eigenvalue weighted by atomic mass is 16.1. The van der Waals surface area contributed by atoms with Gasteiger partial charge in [0.2, 0.25) is 5.91 Å². The van der Waals surface area contributed by atoms with Gasteiger partial charge in [0.1, 0.15) is 0 Å². The molecule has 0 aromatic heterocycles. The molecule has 0 saturated heterocycles. The Hall–Kier alpha value is -1.87. The molecule has 3 N–H and O–H groups in total. The van der Waals surface area contributed by atoms with Crippen LogP contribution in [0.15, 0.2) is 42.5 Å². The van der Waals surface area contributed by atoms with Crippen molar-refractivity contribution in [1.29, 1.82) is 0 Å². The molecule has 0 aliphatic heterocycles. The summed E-state index contributed by atoms with van der Waals surface area (Å²) in [6.07, 6.45) is 1.63. The first-order chi connectivity index (χ1) is 9.74. The third-order valence-corrected chi connectivity index (χ3v) is 3.50. The first-order valence-electron chi connectivity index (χ1n) is 7.20. The van der Waals surface area contributed by atoms with Crippen LogP contribution in [0.3, 0.4) is 0 Å². The van der Waals surface area contributed by atoms with Gasteiger partial charge < -0.3 is 11.1 Å². The highest BCUT2D eigenvalue weighted by Crippen LogP contribution is 2.18. The minimum absolute atomic E-state index is 0.0579. The lowest BCUT2D eigenvalue weighted by atomic mass is 9.96. The van der Waals surface area contributed by atoms with E-state index in [4.69, 9.17) is 5.73 Å². The molecule has 1 atom stereocenters.